The Labute approximate surface area is 82.7 Å². The summed E-state index contributed by atoms with van der Waals surface area (Å²) in [6, 6.07) is 4.83. The van der Waals surface area contributed by atoms with Gasteiger partial charge in [-0.15, -0.1) is 11.3 Å². The molecule has 0 N–H and O–H groups in total. The molecule has 0 unspecified atom stereocenters. The first-order valence-corrected chi connectivity index (χ1v) is 4.62. The number of rotatable bonds is 1. The van der Waals surface area contributed by atoms with Gasteiger partial charge in [0.1, 0.15) is 4.70 Å². The van der Waals surface area contributed by atoms with Crippen LogP contribution in [0.4, 0.5) is 5.69 Å². The maximum Gasteiger partial charge on any atom is 0.287 e. The summed E-state index contributed by atoms with van der Waals surface area (Å²) >= 11 is 6.95. The predicted octanol–water partition coefficient (Wildman–Crippen LogP) is 3.26. The number of fused-ring (bicyclic) bond motifs is 1. The van der Waals surface area contributed by atoms with Crippen LogP contribution in [0.25, 0.3) is 10.1 Å². The summed E-state index contributed by atoms with van der Waals surface area (Å²) in [5.74, 6) is 0. The van der Waals surface area contributed by atoms with Crippen LogP contribution in [0.1, 0.15) is 0 Å². The maximum absolute atomic E-state index is 10.6. The van der Waals surface area contributed by atoms with Gasteiger partial charge in [-0.2, -0.15) is 0 Å². The van der Waals surface area contributed by atoms with Gasteiger partial charge in [0.25, 0.3) is 5.69 Å². The minimum atomic E-state index is -0.414. The first kappa shape index (κ1) is 8.47. The lowest BCUT2D eigenvalue weighted by Crippen LogP contribution is -1.86. The van der Waals surface area contributed by atoms with Crippen LogP contribution in [0.2, 0.25) is 5.02 Å². The molecular weight excluding hydrogens is 210 g/mol. The van der Waals surface area contributed by atoms with Crippen molar-refractivity contribution in [1.29, 1.82) is 0 Å². The molecule has 5 heteroatoms. The third-order valence-electron chi connectivity index (χ3n) is 1.67. The van der Waals surface area contributed by atoms with Crippen LogP contribution in [0, 0.1) is 15.5 Å². The fraction of sp³-hybridized carbons (Fsp3) is 0. The van der Waals surface area contributed by atoms with E-state index in [1.165, 1.54) is 17.4 Å². The van der Waals surface area contributed by atoms with Gasteiger partial charge in [-0.1, -0.05) is 23.7 Å². The predicted molar refractivity (Wildman–Crippen MR) is 52.3 cm³/mol. The maximum atomic E-state index is 10.6. The number of hydrogen-bond acceptors (Lipinski definition) is 3. The molecule has 0 saturated heterocycles. The van der Waals surface area contributed by atoms with E-state index in [2.05, 4.69) is 5.38 Å². The van der Waals surface area contributed by atoms with Crippen molar-refractivity contribution in [2.24, 2.45) is 0 Å². The first-order valence-electron chi connectivity index (χ1n) is 3.43. The number of hydrogen-bond donors (Lipinski definition) is 0. The number of non-ortho nitro benzene ring substituents is 1. The van der Waals surface area contributed by atoms with Gasteiger partial charge in [0.2, 0.25) is 0 Å². The molecule has 0 saturated carbocycles. The van der Waals surface area contributed by atoms with Crippen LogP contribution < -0.4 is 0 Å². The fourth-order valence-corrected chi connectivity index (χ4v) is 2.26. The second-order valence-corrected chi connectivity index (χ2v) is 3.62. The Morgan fingerprint density at radius 2 is 2.31 bits per heavy atom. The summed E-state index contributed by atoms with van der Waals surface area (Å²) in [5, 5.41) is 14.5. The Morgan fingerprint density at radius 1 is 1.54 bits per heavy atom. The Morgan fingerprint density at radius 3 is 3.00 bits per heavy atom. The van der Waals surface area contributed by atoms with E-state index >= 15 is 0 Å². The molecule has 2 rings (SSSR count). The first-order chi connectivity index (χ1) is 6.20. The van der Waals surface area contributed by atoms with E-state index in [0.29, 0.717) is 15.1 Å². The van der Waals surface area contributed by atoms with Crippen molar-refractivity contribution in [2.75, 3.05) is 0 Å². The van der Waals surface area contributed by atoms with Crippen LogP contribution in [-0.2, 0) is 0 Å². The minimum absolute atomic E-state index is 0.0886. The van der Waals surface area contributed by atoms with Crippen molar-refractivity contribution in [3.8, 4) is 0 Å². The molecule has 0 atom stereocenters. The normalized spacial score (nSPS) is 10.5. The standard InChI is InChI=1S/C8H3ClNO2S/c9-6-4-13-8-5(6)2-1-3-7(8)10(11)12/h1-3H. The number of nitro groups is 1. The summed E-state index contributed by atoms with van der Waals surface area (Å²) in [6.45, 7) is 0. The Kier molecular flexibility index (Phi) is 1.94. The molecule has 0 amide bonds. The molecule has 1 radical (unpaired) electrons. The zero-order valence-electron chi connectivity index (χ0n) is 6.28. The summed E-state index contributed by atoms with van der Waals surface area (Å²) in [4.78, 5) is 10.2. The molecule has 0 bridgehead atoms. The minimum Gasteiger partial charge on any atom is -0.258 e. The molecular formula is C8H3ClNO2S. The molecule has 1 heterocycles. The SMILES string of the molecule is O=[N+]([O-])c1cccc2c(Cl)[c]sc12. The highest BCUT2D eigenvalue weighted by Crippen LogP contribution is 2.35. The van der Waals surface area contributed by atoms with Crippen molar-refractivity contribution in [3.63, 3.8) is 0 Å². The van der Waals surface area contributed by atoms with Gasteiger partial charge in [-0.05, 0) is 0 Å². The summed E-state index contributed by atoms with van der Waals surface area (Å²) in [7, 11) is 0. The third kappa shape index (κ3) is 1.28. The van der Waals surface area contributed by atoms with E-state index in [1.54, 1.807) is 12.1 Å². The lowest BCUT2D eigenvalue weighted by Gasteiger charge is -1.92. The van der Waals surface area contributed by atoms with Gasteiger partial charge < -0.3 is 0 Å². The number of benzene rings is 1. The molecule has 1 aromatic carbocycles. The molecule has 0 aliphatic carbocycles. The summed E-state index contributed by atoms with van der Waals surface area (Å²) in [6.07, 6.45) is 0. The average Bonchev–Trinajstić information content (AvgIpc) is 2.48. The summed E-state index contributed by atoms with van der Waals surface area (Å²) < 4.78 is 0.581. The van der Waals surface area contributed by atoms with Gasteiger partial charge in [0.05, 0.1) is 15.3 Å². The van der Waals surface area contributed by atoms with E-state index < -0.39 is 4.92 Å². The van der Waals surface area contributed by atoms with Crippen LogP contribution in [0.5, 0.6) is 0 Å². The van der Waals surface area contributed by atoms with E-state index in [1.807, 2.05) is 0 Å². The van der Waals surface area contributed by atoms with Crippen molar-refractivity contribution in [2.45, 2.75) is 0 Å². The molecule has 0 spiro atoms. The zero-order valence-corrected chi connectivity index (χ0v) is 7.85. The van der Waals surface area contributed by atoms with Crippen molar-refractivity contribution >= 4 is 38.7 Å². The highest BCUT2D eigenvalue weighted by atomic mass is 35.5. The molecule has 65 valence electrons. The second kappa shape index (κ2) is 2.97. The van der Waals surface area contributed by atoms with Crippen molar-refractivity contribution in [1.82, 2.24) is 0 Å². The van der Waals surface area contributed by atoms with Gasteiger partial charge in [-0.3, -0.25) is 10.1 Å². The smallest absolute Gasteiger partial charge is 0.258 e. The zero-order chi connectivity index (χ0) is 9.42. The quantitative estimate of drug-likeness (QED) is 0.538. The fourth-order valence-electron chi connectivity index (χ4n) is 1.10. The van der Waals surface area contributed by atoms with Gasteiger partial charge in [-0.25, -0.2) is 0 Å². The lowest BCUT2D eigenvalue weighted by molar-refractivity contribution is -0.382. The van der Waals surface area contributed by atoms with Crippen LogP contribution in [-0.4, -0.2) is 4.92 Å². The van der Waals surface area contributed by atoms with E-state index in [9.17, 15) is 10.1 Å². The molecule has 0 fully saturated rings. The second-order valence-electron chi connectivity index (χ2n) is 2.43. The van der Waals surface area contributed by atoms with E-state index in [4.69, 9.17) is 11.6 Å². The van der Waals surface area contributed by atoms with Gasteiger partial charge >= 0.3 is 0 Å². The molecule has 13 heavy (non-hydrogen) atoms. The number of nitrogens with zero attached hydrogens (tertiary/aromatic N) is 1. The van der Waals surface area contributed by atoms with E-state index in [0.717, 1.165) is 0 Å². The molecule has 0 aliphatic rings. The monoisotopic (exact) mass is 212 g/mol. The highest BCUT2D eigenvalue weighted by Gasteiger charge is 2.14. The van der Waals surface area contributed by atoms with Crippen molar-refractivity contribution < 1.29 is 4.92 Å². The Bertz CT molecular complexity index is 480. The van der Waals surface area contributed by atoms with E-state index in [-0.39, 0.29) is 5.69 Å². The highest BCUT2D eigenvalue weighted by molar-refractivity contribution is 7.18. The van der Waals surface area contributed by atoms with Crippen LogP contribution in [0.3, 0.4) is 0 Å². The Hall–Kier alpha value is -1.13. The van der Waals surface area contributed by atoms with Gasteiger partial charge in [0, 0.05) is 11.5 Å². The largest absolute Gasteiger partial charge is 0.287 e. The number of thiophene rings is 1. The number of halogens is 1. The molecule has 0 aliphatic heterocycles. The lowest BCUT2D eigenvalue weighted by atomic mass is 10.2. The third-order valence-corrected chi connectivity index (χ3v) is 3.02. The average molecular weight is 213 g/mol. The number of nitro benzene ring substituents is 1. The Balaban J connectivity index is 2.84. The van der Waals surface area contributed by atoms with Crippen LogP contribution >= 0.6 is 22.9 Å². The summed E-state index contributed by atoms with van der Waals surface area (Å²) in [5.41, 5.74) is 0.0886. The molecule has 2 aromatic rings. The molecule has 3 nitrogen and oxygen atoms in total. The molecule has 1 aromatic heterocycles. The topological polar surface area (TPSA) is 43.1 Å². The van der Waals surface area contributed by atoms with Gasteiger partial charge in [0.15, 0.2) is 0 Å². The van der Waals surface area contributed by atoms with Crippen molar-refractivity contribution in [3.05, 3.63) is 38.7 Å². The van der Waals surface area contributed by atoms with Crippen LogP contribution in [0.15, 0.2) is 18.2 Å².